The predicted molar refractivity (Wildman–Crippen MR) is 88.4 cm³/mol. The number of rotatable bonds is 8. The molecule has 0 fully saturated rings. The van der Waals surface area contributed by atoms with Gasteiger partial charge < -0.3 is 9.84 Å². The van der Waals surface area contributed by atoms with E-state index in [0.717, 1.165) is 11.3 Å². The first-order valence-corrected chi connectivity index (χ1v) is 8.22. The zero-order valence-corrected chi connectivity index (χ0v) is 13.1. The maximum absolute atomic E-state index is 10.1. The van der Waals surface area contributed by atoms with E-state index in [9.17, 15) is 5.11 Å². The number of ether oxygens (including phenoxy) is 1. The normalized spacial score (nSPS) is 13.8. The number of thioether (sulfide) groups is 1. The highest BCUT2D eigenvalue weighted by Gasteiger charge is 2.14. The minimum Gasteiger partial charge on any atom is -0.390 e. The van der Waals surface area contributed by atoms with Crippen LogP contribution < -0.4 is 0 Å². The van der Waals surface area contributed by atoms with Crippen molar-refractivity contribution < 1.29 is 9.84 Å². The molecule has 112 valence electrons. The van der Waals surface area contributed by atoms with E-state index in [4.69, 9.17) is 4.74 Å². The Labute approximate surface area is 131 Å². The summed E-state index contributed by atoms with van der Waals surface area (Å²) in [5.74, 6) is 1.09. The smallest absolute Gasteiger partial charge is 0.0807 e. The van der Waals surface area contributed by atoms with Crippen molar-refractivity contribution in [3.8, 4) is 0 Å². The lowest BCUT2D eigenvalue weighted by atomic mass is 10.1. The van der Waals surface area contributed by atoms with E-state index in [1.165, 1.54) is 4.90 Å². The van der Waals surface area contributed by atoms with Crippen LogP contribution >= 0.6 is 11.8 Å². The quantitative estimate of drug-likeness (QED) is 0.748. The molecule has 0 saturated carbocycles. The van der Waals surface area contributed by atoms with Crippen molar-refractivity contribution in [2.45, 2.75) is 24.5 Å². The van der Waals surface area contributed by atoms with Crippen molar-refractivity contribution in [2.24, 2.45) is 5.92 Å². The molecule has 0 spiro atoms. The SMILES string of the molecule is C[C@@H](CSc1ccccc1)[C@H](O)COCc1ccccc1. The van der Waals surface area contributed by atoms with Crippen molar-refractivity contribution in [1.82, 2.24) is 0 Å². The average molecular weight is 302 g/mol. The highest BCUT2D eigenvalue weighted by molar-refractivity contribution is 7.99. The van der Waals surface area contributed by atoms with Crippen molar-refractivity contribution >= 4 is 11.8 Å². The molecule has 0 aromatic heterocycles. The number of aliphatic hydroxyl groups is 1. The third kappa shape index (κ3) is 5.92. The Bertz CT molecular complexity index is 501. The molecule has 2 aromatic carbocycles. The van der Waals surface area contributed by atoms with Gasteiger partial charge in [-0.15, -0.1) is 11.8 Å². The Kier molecular flexibility index (Phi) is 6.80. The number of aliphatic hydroxyl groups excluding tert-OH is 1. The average Bonchev–Trinajstić information content (AvgIpc) is 2.54. The Balaban J connectivity index is 1.66. The Morgan fingerprint density at radius 2 is 1.62 bits per heavy atom. The highest BCUT2D eigenvalue weighted by Crippen LogP contribution is 2.21. The van der Waals surface area contributed by atoms with Gasteiger partial charge in [0.2, 0.25) is 0 Å². The van der Waals surface area contributed by atoms with Gasteiger partial charge in [-0.1, -0.05) is 55.5 Å². The van der Waals surface area contributed by atoms with Gasteiger partial charge in [0.1, 0.15) is 0 Å². The van der Waals surface area contributed by atoms with Gasteiger partial charge in [-0.3, -0.25) is 0 Å². The molecule has 21 heavy (non-hydrogen) atoms. The molecule has 2 nitrogen and oxygen atoms in total. The van der Waals surface area contributed by atoms with E-state index in [1.807, 2.05) is 48.5 Å². The van der Waals surface area contributed by atoms with Crippen LogP contribution in [-0.4, -0.2) is 23.6 Å². The zero-order valence-electron chi connectivity index (χ0n) is 12.3. The standard InChI is InChI=1S/C18H22O2S/c1-15(14-21-17-10-6-3-7-11-17)18(19)13-20-12-16-8-4-2-5-9-16/h2-11,15,18-19H,12-14H2,1H3/t15-,18+/m0/s1. The van der Waals surface area contributed by atoms with Crippen molar-refractivity contribution in [3.63, 3.8) is 0 Å². The third-order valence-corrected chi connectivity index (χ3v) is 4.61. The molecule has 0 unspecified atom stereocenters. The van der Waals surface area contributed by atoms with E-state index in [-0.39, 0.29) is 5.92 Å². The van der Waals surface area contributed by atoms with E-state index < -0.39 is 6.10 Å². The van der Waals surface area contributed by atoms with Crippen LogP contribution in [0.1, 0.15) is 12.5 Å². The fourth-order valence-corrected chi connectivity index (χ4v) is 2.92. The molecular weight excluding hydrogens is 280 g/mol. The Morgan fingerprint density at radius 1 is 1.00 bits per heavy atom. The number of hydrogen-bond acceptors (Lipinski definition) is 3. The maximum Gasteiger partial charge on any atom is 0.0807 e. The minimum absolute atomic E-state index is 0.200. The maximum atomic E-state index is 10.1. The van der Waals surface area contributed by atoms with Gasteiger partial charge in [0.25, 0.3) is 0 Å². The van der Waals surface area contributed by atoms with E-state index in [2.05, 4.69) is 19.1 Å². The first-order valence-electron chi connectivity index (χ1n) is 7.23. The minimum atomic E-state index is -0.426. The third-order valence-electron chi connectivity index (χ3n) is 3.31. The first-order chi connectivity index (χ1) is 10.3. The lowest BCUT2D eigenvalue weighted by molar-refractivity contribution is 0.00708. The molecule has 2 rings (SSSR count). The molecule has 0 amide bonds. The number of benzene rings is 2. The molecule has 0 heterocycles. The summed E-state index contributed by atoms with van der Waals surface area (Å²) in [5.41, 5.74) is 1.14. The molecule has 2 aromatic rings. The summed E-state index contributed by atoms with van der Waals surface area (Å²) in [6.07, 6.45) is -0.426. The topological polar surface area (TPSA) is 29.5 Å². The molecule has 1 N–H and O–H groups in total. The van der Waals surface area contributed by atoms with Gasteiger partial charge in [-0.2, -0.15) is 0 Å². The van der Waals surface area contributed by atoms with Gasteiger partial charge in [-0.05, 0) is 23.6 Å². The molecule has 0 bridgehead atoms. The van der Waals surface area contributed by atoms with Crippen LogP contribution in [0.4, 0.5) is 0 Å². The van der Waals surface area contributed by atoms with Gasteiger partial charge in [-0.25, -0.2) is 0 Å². The van der Waals surface area contributed by atoms with E-state index >= 15 is 0 Å². The lowest BCUT2D eigenvalue weighted by Gasteiger charge is -2.18. The molecule has 0 aliphatic heterocycles. The summed E-state index contributed by atoms with van der Waals surface area (Å²) < 4.78 is 5.60. The van der Waals surface area contributed by atoms with Crippen molar-refractivity contribution in [1.29, 1.82) is 0 Å². The predicted octanol–water partition coefficient (Wildman–Crippen LogP) is 3.99. The second-order valence-electron chi connectivity index (χ2n) is 5.17. The zero-order chi connectivity index (χ0) is 14.9. The summed E-state index contributed by atoms with van der Waals surface area (Å²) in [6.45, 7) is 2.99. The first kappa shape index (κ1) is 16.1. The van der Waals surface area contributed by atoms with Gasteiger partial charge in [0.15, 0.2) is 0 Å². The van der Waals surface area contributed by atoms with Crippen LogP contribution in [0.5, 0.6) is 0 Å². The second kappa shape index (κ2) is 8.88. The molecule has 3 heteroatoms. The van der Waals surface area contributed by atoms with Crippen LogP contribution in [0.15, 0.2) is 65.6 Å². The molecule has 0 saturated heterocycles. The fraction of sp³-hybridized carbons (Fsp3) is 0.333. The lowest BCUT2D eigenvalue weighted by Crippen LogP contribution is -2.25. The molecule has 0 aliphatic rings. The van der Waals surface area contributed by atoms with Gasteiger partial charge >= 0.3 is 0 Å². The van der Waals surface area contributed by atoms with Gasteiger partial charge in [0.05, 0.1) is 19.3 Å². The molecule has 0 aliphatic carbocycles. The van der Waals surface area contributed by atoms with Gasteiger partial charge in [0, 0.05) is 10.6 Å². The summed E-state index contributed by atoms with van der Waals surface area (Å²) in [6, 6.07) is 20.3. The van der Waals surface area contributed by atoms with Crippen molar-refractivity contribution in [3.05, 3.63) is 66.2 Å². The van der Waals surface area contributed by atoms with E-state index in [0.29, 0.717) is 13.2 Å². The Morgan fingerprint density at radius 3 is 2.29 bits per heavy atom. The summed E-state index contributed by atoms with van der Waals surface area (Å²) >= 11 is 1.77. The molecular formula is C18H22O2S. The summed E-state index contributed by atoms with van der Waals surface area (Å²) in [4.78, 5) is 1.24. The van der Waals surface area contributed by atoms with E-state index in [1.54, 1.807) is 11.8 Å². The number of hydrogen-bond donors (Lipinski definition) is 1. The van der Waals surface area contributed by atoms with Crippen LogP contribution in [0.2, 0.25) is 0 Å². The van der Waals surface area contributed by atoms with Crippen LogP contribution in [0, 0.1) is 5.92 Å². The van der Waals surface area contributed by atoms with Crippen LogP contribution in [-0.2, 0) is 11.3 Å². The monoisotopic (exact) mass is 302 g/mol. The largest absolute Gasteiger partial charge is 0.390 e. The highest BCUT2D eigenvalue weighted by atomic mass is 32.2. The van der Waals surface area contributed by atoms with Crippen LogP contribution in [0.3, 0.4) is 0 Å². The Hall–Kier alpha value is -1.29. The molecule has 0 radical (unpaired) electrons. The van der Waals surface area contributed by atoms with Crippen molar-refractivity contribution in [2.75, 3.05) is 12.4 Å². The van der Waals surface area contributed by atoms with Crippen LogP contribution in [0.25, 0.3) is 0 Å². The molecule has 2 atom stereocenters. The fourth-order valence-electron chi connectivity index (χ4n) is 1.89. The summed E-state index contributed by atoms with van der Waals surface area (Å²) in [7, 11) is 0. The second-order valence-corrected chi connectivity index (χ2v) is 6.26. The summed E-state index contributed by atoms with van der Waals surface area (Å²) in [5, 5.41) is 10.1.